The van der Waals surface area contributed by atoms with Gasteiger partial charge in [-0.15, -0.1) is 11.3 Å². The monoisotopic (exact) mass is 327 g/mol. The molecule has 6 nitrogen and oxygen atoms in total. The van der Waals surface area contributed by atoms with Gasteiger partial charge in [-0.3, -0.25) is 9.59 Å². The molecule has 3 aromatic rings. The van der Waals surface area contributed by atoms with Crippen LogP contribution < -0.4 is 10.6 Å². The fourth-order valence-corrected chi connectivity index (χ4v) is 2.57. The van der Waals surface area contributed by atoms with Gasteiger partial charge in [0.15, 0.2) is 5.82 Å². The van der Waals surface area contributed by atoms with E-state index in [1.807, 2.05) is 11.4 Å². The second kappa shape index (κ2) is 6.45. The van der Waals surface area contributed by atoms with Crippen molar-refractivity contribution >= 4 is 34.7 Å². The summed E-state index contributed by atoms with van der Waals surface area (Å²) in [7, 11) is 0. The molecule has 1 aromatic carbocycles. The highest BCUT2D eigenvalue weighted by Gasteiger charge is 2.11. The zero-order chi connectivity index (χ0) is 16.2. The van der Waals surface area contributed by atoms with Gasteiger partial charge in [-0.25, -0.2) is 0 Å². The van der Waals surface area contributed by atoms with Crippen molar-refractivity contribution in [3.8, 4) is 0 Å². The van der Waals surface area contributed by atoms with Gasteiger partial charge >= 0.3 is 0 Å². The minimum absolute atomic E-state index is 0.204. The van der Waals surface area contributed by atoms with Crippen molar-refractivity contribution in [3.05, 3.63) is 64.0 Å². The third kappa shape index (κ3) is 3.64. The Bertz CT molecular complexity index is 840. The second-order valence-electron chi connectivity index (χ2n) is 4.79. The maximum Gasteiger partial charge on any atom is 0.265 e. The van der Waals surface area contributed by atoms with E-state index in [2.05, 4.69) is 15.8 Å². The summed E-state index contributed by atoms with van der Waals surface area (Å²) >= 11 is 1.35. The quantitative estimate of drug-likeness (QED) is 0.767. The van der Waals surface area contributed by atoms with Crippen LogP contribution >= 0.6 is 11.3 Å². The zero-order valence-corrected chi connectivity index (χ0v) is 13.0. The Hall–Kier alpha value is -2.93. The number of rotatable bonds is 4. The summed E-state index contributed by atoms with van der Waals surface area (Å²) in [6, 6.07) is 11.9. The lowest BCUT2D eigenvalue weighted by atomic mass is 10.2. The molecule has 2 aromatic heterocycles. The summed E-state index contributed by atoms with van der Waals surface area (Å²) in [6.07, 6.45) is 0. The Labute approximate surface area is 136 Å². The number of hydrogen-bond donors (Lipinski definition) is 2. The van der Waals surface area contributed by atoms with E-state index < -0.39 is 0 Å². The van der Waals surface area contributed by atoms with Crippen LogP contribution in [-0.4, -0.2) is 17.0 Å². The first-order valence-corrected chi connectivity index (χ1v) is 7.69. The van der Waals surface area contributed by atoms with Gasteiger partial charge in [0.2, 0.25) is 0 Å². The molecule has 0 fully saturated rings. The predicted molar refractivity (Wildman–Crippen MR) is 87.9 cm³/mol. The van der Waals surface area contributed by atoms with Gasteiger partial charge in [0.05, 0.1) is 4.88 Å². The van der Waals surface area contributed by atoms with Crippen LogP contribution in [0, 0.1) is 6.92 Å². The van der Waals surface area contributed by atoms with E-state index in [9.17, 15) is 9.59 Å². The average molecular weight is 327 g/mol. The molecule has 0 bridgehead atoms. The van der Waals surface area contributed by atoms with Crippen molar-refractivity contribution in [2.75, 3.05) is 10.6 Å². The molecule has 116 valence electrons. The molecule has 2 N–H and O–H groups in total. The number of amides is 2. The number of aromatic nitrogens is 1. The normalized spacial score (nSPS) is 10.3. The fraction of sp³-hybridized carbons (Fsp3) is 0.0625. The summed E-state index contributed by atoms with van der Waals surface area (Å²) in [6.45, 7) is 1.74. The minimum Gasteiger partial charge on any atom is -0.360 e. The summed E-state index contributed by atoms with van der Waals surface area (Å²) in [4.78, 5) is 24.8. The molecule has 0 atom stereocenters. The first-order valence-electron chi connectivity index (χ1n) is 6.81. The lowest BCUT2D eigenvalue weighted by molar-refractivity contribution is 0.101. The molecule has 0 spiro atoms. The number of carbonyl (C=O) groups is 2. The van der Waals surface area contributed by atoms with Gasteiger partial charge in [0.1, 0.15) is 5.76 Å². The van der Waals surface area contributed by atoms with Gasteiger partial charge in [0, 0.05) is 17.3 Å². The molecule has 2 amide bonds. The van der Waals surface area contributed by atoms with Gasteiger partial charge < -0.3 is 15.2 Å². The van der Waals surface area contributed by atoms with E-state index >= 15 is 0 Å². The molecule has 0 aliphatic heterocycles. The average Bonchev–Trinajstić information content (AvgIpc) is 3.19. The fourth-order valence-electron chi connectivity index (χ4n) is 1.95. The van der Waals surface area contributed by atoms with E-state index in [-0.39, 0.29) is 11.8 Å². The molecular weight excluding hydrogens is 314 g/mol. The van der Waals surface area contributed by atoms with Crippen LogP contribution in [0.4, 0.5) is 11.5 Å². The Morgan fingerprint density at radius 2 is 1.96 bits per heavy atom. The van der Waals surface area contributed by atoms with Crippen LogP contribution in [0.1, 0.15) is 25.8 Å². The highest BCUT2D eigenvalue weighted by Crippen LogP contribution is 2.16. The van der Waals surface area contributed by atoms with Gasteiger partial charge in [0.25, 0.3) is 11.8 Å². The molecule has 0 radical (unpaired) electrons. The minimum atomic E-state index is -0.328. The van der Waals surface area contributed by atoms with E-state index in [0.717, 1.165) is 0 Å². The van der Waals surface area contributed by atoms with Crippen LogP contribution in [0.3, 0.4) is 0 Å². The Kier molecular flexibility index (Phi) is 4.20. The molecule has 0 aliphatic carbocycles. The van der Waals surface area contributed by atoms with Gasteiger partial charge in [-0.1, -0.05) is 17.3 Å². The van der Waals surface area contributed by atoms with Crippen molar-refractivity contribution in [3.63, 3.8) is 0 Å². The van der Waals surface area contributed by atoms with Crippen molar-refractivity contribution in [1.82, 2.24) is 5.16 Å². The molecule has 2 heterocycles. The van der Waals surface area contributed by atoms with Crippen LogP contribution in [0.25, 0.3) is 0 Å². The van der Waals surface area contributed by atoms with E-state index in [1.165, 1.54) is 11.3 Å². The third-order valence-corrected chi connectivity index (χ3v) is 3.87. The number of benzene rings is 1. The summed E-state index contributed by atoms with van der Waals surface area (Å²) in [5, 5.41) is 10.9. The number of nitrogens with zero attached hydrogens (tertiary/aromatic N) is 1. The van der Waals surface area contributed by atoms with Crippen molar-refractivity contribution in [2.24, 2.45) is 0 Å². The molecule has 0 aliphatic rings. The molecule has 0 saturated heterocycles. The summed E-state index contributed by atoms with van der Waals surface area (Å²) < 4.78 is 4.90. The SMILES string of the molecule is Cc1cc(NC(=O)c2cccc(NC(=O)c3cccs3)c2)no1. The maximum atomic E-state index is 12.2. The van der Waals surface area contributed by atoms with Crippen LogP contribution in [0.5, 0.6) is 0 Å². The molecule has 0 unspecified atom stereocenters. The largest absolute Gasteiger partial charge is 0.360 e. The predicted octanol–water partition coefficient (Wildman–Crippen LogP) is 3.55. The number of nitrogens with one attached hydrogen (secondary N) is 2. The molecule has 0 saturated carbocycles. The van der Waals surface area contributed by atoms with Crippen molar-refractivity contribution < 1.29 is 14.1 Å². The lowest BCUT2D eigenvalue weighted by Gasteiger charge is -2.06. The molecular formula is C16H13N3O3S. The Morgan fingerprint density at radius 1 is 1.09 bits per heavy atom. The van der Waals surface area contributed by atoms with E-state index in [0.29, 0.717) is 27.7 Å². The Balaban J connectivity index is 1.71. The number of hydrogen-bond acceptors (Lipinski definition) is 5. The van der Waals surface area contributed by atoms with Crippen LogP contribution in [0.2, 0.25) is 0 Å². The molecule has 23 heavy (non-hydrogen) atoms. The zero-order valence-electron chi connectivity index (χ0n) is 12.2. The van der Waals surface area contributed by atoms with Crippen molar-refractivity contribution in [1.29, 1.82) is 0 Å². The van der Waals surface area contributed by atoms with Gasteiger partial charge in [-0.2, -0.15) is 0 Å². The van der Waals surface area contributed by atoms with Crippen molar-refractivity contribution in [2.45, 2.75) is 6.92 Å². The molecule has 7 heteroatoms. The highest BCUT2D eigenvalue weighted by atomic mass is 32.1. The number of thiophene rings is 1. The van der Waals surface area contributed by atoms with E-state index in [4.69, 9.17) is 4.52 Å². The smallest absolute Gasteiger partial charge is 0.265 e. The molecule has 3 rings (SSSR count). The summed E-state index contributed by atoms with van der Waals surface area (Å²) in [5.74, 6) is 0.424. The first kappa shape index (κ1) is 15.0. The number of carbonyl (C=O) groups excluding carboxylic acids is 2. The van der Waals surface area contributed by atoms with E-state index in [1.54, 1.807) is 43.3 Å². The number of aryl methyl sites for hydroxylation is 1. The van der Waals surface area contributed by atoms with Crippen LogP contribution in [-0.2, 0) is 0 Å². The van der Waals surface area contributed by atoms with Gasteiger partial charge in [-0.05, 0) is 36.6 Å². The van der Waals surface area contributed by atoms with Crippen LogP contribution in [0.15, 0.2) is 52.4 Å². The second-order valence-corrected chi connectivity index (χ2v) is 5.74. The number of anilines is 2. The summed E-state index contributed by atoms with van der Waals surface area (Å²) in [5.41, 5.74) is 0.960. The lowest BCUT2D eigenvalue weighted by Crippen LogP contribution is -2.14. The first-order chi connectivity index (χ1) is 11.1. The topological polar surface area (TPSA) is 84.2 Å². The standard InChI is InChI=1S/C16H13N3O3S/c1-10-8-14(19-22-10)18-15(20)11-4-2-5-12(9-11)17-16(21)13-6-3-7-23-13/h2-9H,1H3,(H,17,21)(H,18,19,20). The third-order valence-electron chi connectivity index (χ3n) is 3.00. The maximum absolute atomic E-state index is 12.2. The highest BCUT2D eigenvalue weighted by molar-refractivity contribution is 7.12. The Morgan fingerprint density at radius 3 is 2.65 bits per heavy atom.